The number of alkyl halides is 3. The lowest BCUT2D eigenvalue weighted by atomic mass is 10.1. The van der Waals surface area contributed by atoms with E-state index in [1.807, 2.05) is 65.7 Å². The fourth-order valence-corrected chi connectivity index (χ4v) is 2.63. The van der Waals surface area contributed by atoms with Gasteiger partial charge in [-0.25, -0.2) is 0 Å². The number of halogens is 3. The van der Waals surface area contributed by atoms with Gasteiger partial charge in [-0.2, -0.15) is 18.3 Å². The van der Waals surface area contributed by atoms with Crippen LogP contribution in [0, 0.1) is 0 Å². The normalized spacial score (nSPS) is 11.7. The van der Waals surface area contributed by atoms with Gasteiger partial charge in [0.1, 0.15) is 0 Å². The zero-order valence-corrected chi connectivity index (χ0v) is 14.6. The highest BCUT2D eigenvalue weighted by Crippen LogP contribution is 2.29. The Morgan fingerprint density at radius 3 is 1.78 bits per heavy atom. The van der Waals surface area contributed by atoms with Gasteiger partial charge >= 0.3 is 6.18 Å². The Balaban J connectivity index is 1.77. The van der Waals surface area contributed by atoms with E-state index in [1.54, 1.807) is 6.21 Å². The molecule has 0 spiro atoms. The van der Waals surface area contributed by atoms with Crippen LogP contribution in [0.15, 0.2) is 90.0 Å². The van der Waals surface area contributed by atoms with Gasteiger partial charge in [0.05, 0.1) is 24.9 Å². The first-order valence-corrected chi connectivity index (χ1v) is 8.55. The van der Waals surface area contributed by atoms with E-state index in [-0.39, 0.29) is 0 Å². The molecular formula is C22H19F3N2. The molecular weight excluding hydrogens is 349 g/mol. The van der Waals surface area contributed by atoms with Crippen LogP contribution in [0.25, 0.3) is 0 Å². The number of hydrogen-bond donors (Lipinski definition) is 0. The van der Waals surface area contributed by atoms with Crippen molar-refractivity contribution in [2.24, 2.45) is 5.10 Å². The number of hydrogen-bond acceptors (Lipinski definition) is 2. The van der Waals surface area contributed by atoms with Crippen LogP contribution in [-0.4, -0.2) is 11.2 Å². The molecule has 0 heterocycles. The topological polar surface area (TPSA) is 15.6 Å². The summed E-state index contributed by atoms with van der Waals surface area (Å²) in [6.45, 7) is 0.974. The molecule has 2 nitrogen and oxygen atoms in total. The number of benzene rings is 3. The van der Waals surface area contributed by atoms with Crippen molar-refractivity contribution in [1.29, 1.82) is 0 Å². The van der Waals surface area contributed by atoms with Crippen molar-refractivity contribution in [1.82, 2.24) is 5.01 Å². The SMILES string of the molecule is FC(F)(F)c1ccc(CN(Cc2ccccc2)/N=C/c2ccccc2)cc1. The fraction of sp³-hybridized carbons (Fsp3) is 0.136. The Hall–Kier alpha value is -3.08. The summed E-state index contributed by atoms with van der Waals surface area (Å²) in [7, 11) is 0. The summed E-state index contributed by atoms with van der Waals surface area (Å²) in [4.78, 5) is 0. The van der Waals surface area contributed by atoms with Crippen LogP contribution >= 0.6 is 0 Å². The van der Waals surface area contributed by atoms with Crippen molar-refractivity contribution in [3.63, 3.8) is 0 Å². The molecule has 0 N–H and O–H groups in total. The first-order valence-electron chi connectivity index (χ1n) is 8.55. The summed E-state index contributed by atoms with van der Waals surface area (Å²) < 4.78 is 38.2. The molecule has 0 saturated carbocycles. The number of rotatable bonds is 6. The molecule has 0 aliphatic rings. The molecule has 5 heteroatoms. The molecule has 3 rings (SSSR count). The Labute approximate surface area is 156 Å². The Morgan fingerprint density at radius 2 is 1.22 bits per heavy atom. The maximum absolute atomic E-state index is 12.7. The second-order valence-corrected chi connectivity index (χ2v) is 6.16. The zero-order valence-electron chi connectivity index (χ0n) is 14.6. The molecule has 0 amide bonds. The minimum Gasteiger partial charge on any atom is -0.288 e. The van der Waals surface area contributed by atoms with Gasteiger partial charge in [0.2, 0.25) is 0 Å². The molecule has 0 fully saturated rings. The molecule has 0 aliphatic carbocycles. The lowest BCUT2D eigenvalue weighted by Crippen LogP contribution is -2.17. The summed E-state index contributed by atoms with van der Waals surface area (Å²) in [5.41, 5.74) is 2.16. The summed E-state index contributed by atoms with van der Waals surface area (Å²) in [5, 5.41) is 6.38. The monoisotopic (exact) mass is 368 g/mol. The molecule has 0 aliphatic heterocycles. The molecule has 3 aromatic rings. The van der Waals surface area contributed by atoms with Crippen LogP contribution in [0.3, 0.4) is 0 Å². The first-order chi connectivity index (χ1) is 13.0. The summed E-state index contributed by atoms with van der Waals surface area (Å²) in [6, 6.07) is 24.7. The largest absolute Gasteiger partial charge is 0.416 e. The highest BCUT2D eigenvalue weighted by Gasteiger charge is 2.29. The maximum Gasteiger partial charge on any atom is 0.416 e. The van der Waals surface area contributed by atoms with Gasteiger partial charge in [-0.3, -0.25) is 5.01 Å². The van der Waals surface area contributed by atoms with Gasteiger partial charge in [-0.1, -0.05) is 72.8 Å². The number of hydrazone groups is 1. The third kappa shape index (κ3) is 5.71. The van der Waals surface area contributed by atoms with Crippen molar-refractivity contribution in [3.05, 3.63) is 107 Å². The van der Waals surface area contributed by atoms with Crippen molar-refractivity contribution in [3.8, 4) is 0 Å². The van der Waals surface area contributed by atoms with E-state index >= 15 is 0 Å². The minimum atomic E-state index is -4.33. The molecule has 3 aromatic carbocycles. The van der Waals surface area contributed by atoms with Crippen LogP contribution in [0.1, 0.15) is 22.3 Å². The van der Waals surface area contributed by atoms with Gasteiger partial charge < -0.3 is 0 Å². The Bertz CT molecular complexity index is 858. The Morgan fingerprint density at radius 1 is 0.704 bits per heavy atom. The second kappa shape index (κ2) is 8.54. The molecule has 27 heavy (non-hydrogen) atoms. The van der Waals surface area contributed by atoms with Gasteiger partial charge in [0, 0.05) is 0 Å². The molecule has 138 valence electrons. The highest BCUT2D eigenvalue weighted by molar-refractivity contribution is 5.79. The average molecular weight is 368 g/mol. The van der Waals surface area contributed by atoms with E-state index in [2.05, 4.69) is 5.10 Å². The van der Waals surface area contributed by atoms with E-state index < -0.39 is 11.7 Å². The summed E-state index contributed by atoms with van der Waals surface area (Å²) in [6.07, 6.45) is -2.57. The van der Waals surface area contributed by atoms with E-state index in [1.165, 1.54) is 12.1 Å². The minimum absolute atomic E-state index is 0.413. The molecule has 0 radical (unpaired) electrons. The van der Waals surface area contributed by atoms with Crippen LogP contribution in [0.4, 0.5) is 13.2 Å². The van der Waals surface area contributed by atoms with Crippen molar-refractivity contribution < 1.29 is 13.2 Å². The molecule has 0 aromatic heterocycles. The van der Waals surface area contributed by atoms with Crippen LogP contribution in [0.2, 0.25) is 0 Å². The van der Waals surface area contributed by atoms with Crippen LogP contribution < -0.4 is 0 Å². The average Bonchev–Trinajstić information content (AvgIpc) is 2.67. The van der Waals surface area contributed by atoms with Gasteiger partial charge in [0.15, 0.2) is 0 Å². The van der Waals surface area contributed by atoms with Crippen LogP contribution in [0.5, 0.6) is 0 Å². The Kier molecular flexibility index (Phi) is 5.91. The highest BCUT2D eigenvalue weighted by atomic mass is 19.4. The van der Waals surface area contributed by atoms with Gasteiger partial charge in [-0.05, 0) is 28.8 Å². The van der Waals surface area contributed by atoms with E-state index in [4.69, 9.17) is 0 Å². The molecule has 0 saturated heterocycles. The van der Waals surface area contributed by atoms with Gasteiger partial charge in [0.25, 0.3) is 0 Å². The smallest absolute Gasteiger partial charge is 0.288 e. The lowest BCUT2D eigenvalue weighted by molar-refractivity contribution is -0.137. The summed E-state index contributed by atoms with van der Waals surface area (Å²) in [5.74, 6) is 0. The predicted molar refractivity (Wildman–Crippen MR) is 101 cm³/mol. The standard InChI is InChI=1S/C22H19F3N2/c23-22(24,25)21-13-11-20(12-14-21)17-27(16-19-9-5-2-6-10-19)26-15-18-7-3-1-4-8-18/h1-15H,16-17H2/b26-15+. The predicted octanol–water partition coefficient (Wildman–Crippen LogP) is 5.74. The quantitative estimate of drug-likeness (QED) is 0.400. The van der Waals surface area contributed by atoms with Crippen molar-refractivity contribution in [2.75, 3.05) is 0 Å². The number of nitrogens with zero attached hydrogens (tertiary/aromatic N) is 2. The third-order valence-corrected chi connectivity index (χ3v) is 4.02. The van der Waals surface area contributed by atoms with Crippen molar-refractivity contribution >= 4 is 6.21 Å². The molecule has 0 bridgehead atoms. The van der Waals surface area contributed by atoms with Gasteiger partial charge in [-0.15, -0.1) is 0 Å². The second-order valence-electron chi connectivity index (χ2n) is 6.16. The van der Waals surface area contributed by atoms with Crippen LogP contribution in [-0.2, 0) is 19.3 Å². The zero-order chi connectivity index (χ0) is 19.1. The van der Waals surface area contributed by atoms with E-state index in [0.29, 0.717) is 13.1 Å². The van der Waals surface area contributed by atoms with E-state index in [0.717, 1.165) is 28.8 Å². The molecule has 0 unspecified atom stereocenters. The lowest BCUT2D eigenvalue weighted by Gasteiger charge is -2.20. The maximum atomic E-state index is 12.7. The van der Waals surface area contributed by atoms with Crippen molar-refractivity contribution in [2.45, 2.75) is 19.3 Å². The third-order valence-electron chi connectivity index (χ3n) is 4.02. The molecule has 0 atom stereocenters. The summed E-state index contributed by atoms with van der Waals surface area (Å²) >= 11 is 0. The van der Waals surface area contributed by atoms with E-state index in [9.17, 15) is 13.2 Å². The first kappa shape index (κ1) is 18.7. The fourth-order valence-electron chi connectivity index (χ4n) is 2.63.